The minimum Gasteiger partial charge on any atom is -0.465 e. The maximum absolute atomic E-state index is 11.8. The lowest BCUT2D eigenvalue weighted by Gasteiger charge is -2.36. The second kappa shape index (κ2) is 7.79. The van der Waals surface area contributed by atoms with E-state index < -0.39 is 21.7 Å². The summed E-state index contributed by atoms with van der Waals surface area (Å²) in [7, 11) is -4.45. The van der Waals surface area contributed by atoms with Crippen LogP contribution in [0.25, 0.3) is 0 Å². The number of nitrogens with zero attached hydrogens (tertiary/aromatic N) is 2. The molecule has 0 aliphatic carbocycles. The van der Waals surface area contributed by atoms with Gasteiger partial charge in [0.25, 0.3) is 0 Å². The molecule has 134 valence electrons. The SMILES string of the molecule is NCN(c1ccccc1)C(NC1CCN(C(=O)O)CC1)S(=O)(=O)O. The first-order valence-electron chi connectivity index (χ1n) is 7.55. The number of para-hydroxylation sites is 1. The van der Waals surface area contributed by atoms with Gasteiger partial charge >= 0.3 is 16.2 Å². The van der Waals surface area contributed by atoms with Crippen molar-refractivity contribution in [2.45, 2.75) is 24.4 Å². The third-order valence-corrected chi connectivity index (χ3v) is 4.95. The van der Waals surface area contributed by atoms with Crippen molar-refractivity contribution in [3.8, 4) is 0 Å². The average molecular weight is 358 g/mol. The van der Waals surface area contributed by atoms with Crippen molar-refractivity contribution in [3.63, 3.8) is 0 Å². The molecular formula is C14H22N4O5S. The number of piperidine rings is 1. The van der Waals surface area contributed by atoms with Crippen molar-refractivity contribution in [2.75, 3.05) is 24.7 Å². The molecule has 2 rings (SSSR count). The minimum atomic E-state index is -4.45. The summed E-state index contributed by atoms with van der Waals surface area (Å²) in [5.41, 5.74) is 4.85. The van der Waals surface area contributed by atoms with Crippen LogP contribution < -0.4 is 16.0 Å². The van der Waals surface area contributed by atoms with Crippen LogP contribution in [0.2, 0.25) is 0 Å². The first-order valence-corrected chi connectivity index (χ1v) is 9.05. The number of likely N-dealkylation sites (tertiary alicyclic amines) is 1. The molecule has 1 saturated heterocycles. The Kier molecular flexibility index (Phi) is 5.99. The molecule has 0 aromatic heterocycles. The van der Waals surface area contributed by atoms with Crippen molar-refractivity contribution in [3.05, 3.63) is 30.3 Å². The van der Waals surface area contributed by atoms with Gasteiger partial charge in [-0.05, 0) is 25.0 Å². The van der Waals surface area contributed by atoms with E-state index in [-0.39, 0.29) is 12.7 Å². The first-order chi connectivity index (χ1) is 11.3. The van der Waals surface area contributed by atoms with E-state index in [1.807, 2.05) is 0 Å². The Hall–Kier alpha value is -1.88. The van der Waals surface area contributed by atoms with Crippen LogP contribution >= 0.6 is 0 Å². The largest absolute Gasteiger partial charge is 0.465 e. The van der Waals surface area contributed by atoms with Crippen LogP contribution in [0.15, 0.2) is 30.3 Å². The van der Waals surface area contributed by atoms with Crippen LogP contribution in [0, 0.1) is 0 Å². The third-order valence-electron chi connectivity index (χ3n) is 3.99. The van der Waals surface area contributed by atoms with E-state index in [4.69, 9.17) is 10.8 Å². The molecule has 0 bridgehead atoms. The van der Waals surface area contributed by atoms with E-state index in [0.29, 0.717) is 31.6 Å². The number of rotatable bonds is 6. The molecule has 1 aromatic rings. The van der Waals surface area contributed by atoms with Gasteiger partial charge in [-0.3, -0.25) is 9.87 Å². The van der Waals surface area contributed by atoms with Gasteiger partial charge in [-0.25, -0.2) is 4.79 Å². The van der Waals surface area contributed by atoms with Crippen molar-refractivity contribution in [1.82, 2.24) is 10.2 Å². The summed E-state index contributed by atoms with van der Waals surface area (Å²) in [6.45, 7) is 0.494. The maximum Gasteiger partial charge on any atom is 0.407 e. The number of amides is 1. The normalized spacial score (nSPS) is 17.5. The highest BCUT2D eigenvalue weighted by Crippen LogP contribution is 2.19. The predicted octanol–water partition coefficient (Wildman–Crippen LogP) is 0.313. The van der Waals surface area contributed by atoms with E-state index in [1.54, 1.807) is 30.3 Å². The number of benzene rings is 1. The van der Waals surface area contributed by atoms with Gasteiger partial charge in [0.15, 0.2) is 0 Å². The Morgan fingerprint density at radius 1 is 1.33 bits per heavy atom. The number of nitrogens with one attached hydrogen (secondary N) is 1. The Morgan fingerprint density at radius 3 is 2.38 bits per heavy atom. The Bertz CT molecular complexity index is 646. The zero-order chi connectivity index (χ0) is 17.7. The smallest absolute Gasteiger partial charge is 0.407 e. The molecule has 1 unspecified atom stereocenters. The molecule has 0 radical (unpaired) electrons. The van der Waals surface area contributed by atoms with Gasteiger partial charge in [0.1, 0.15) is 0 Å². The van der Waals surface area contributed by atoms with Crippen molar-refractivity contribution < 1.29 is 22.9 Å². The van der Waals surface area contributed by atoms with E-state index in [9.17, 15) is 17.8 Å². The lowest BCUT2D eigenvalue weighted by Crippen LogP contribution is -2.57. The Morgan fingerprint density at radius 2 is 1.92 bits per heavy atom. The van der Waals surface area contributed by atoms with Crippen LogP contribution in [0.1, 0.15) is 12.8 Å². The topological polar surface area (TPSA) is 136 Å². The number of carboxylic acid groups (broad SMARTS) is 1. The van der Waals surface area contributed by atoms with E-state index >= 15 is 0 Å². The molecule has 10 heteroatoms. The predicted molar refractivity (Wildman–Crippen MR) is 89.1 cm³/mol. The molecule has 1 fully saturated rings. The zero-order valence-corrected chi connectivity index (χ0v) is 13.9. The van der Waals surface area contributed by atoms with Crippen LogP contribution in [0.4, 0.5) is 10.5 Å². The van der Waals surface area contributed by atoms with Gasteiger partial charge in [0.2, 0.25) is 5.50 Å². The molecule has 5 N–H and O–H groups in total. The molecule has 1 aliphatic rings. The summed E-state index contributed by atoms with van der Waals surface area (Å²) in [5.74, 6) is 0. The summed E-state index contributed by atoms with van der Waals surface area (Å²) in [6.07, 6.45) is -0.0931. The van der Waals surface area contributed by atoms with Crippen molar-refractivity contribution in [2.24, 2.45) is 5.73 Å². The fourth-order valence-corrected chi connectivity index (χ4v) is 3.63. The number of anilines is 1. The second-order valence-electron chi connectivity index (χ2n) is 5.57. The monoisotopic (exact) mass is 358 g/mol. The molecule has 0 spiro atoms. The van der Waals surface area contributed by atoms with Crippen LogP contribution in [0.5, 0.6) is 0 Å². The number of carbonyl (C=O) groups is 1. The fraction of sp³-hybridized carbons (Fsp3) is 0.500. The number of nitrogens with two attached hydrogens (primary N) is 1. The standard InChI is InChI=1S/C14H22N4O5S/c15-10-18(12-4-2-1-3-5-12)13(24(21,22)23)16-11-6-8-17(9-7-11)14(19)20/h1-5,11,13,16H,6-10,15H2,(H,19,20)(H,21,22,23). The highest BCUT2D eigenvalue weighted by atomic mass is 32.2. The fourth-order valence-electron chi connectivity index (χ4n) is 2.73. The Labute approximate surface area is 140 Å². The van der Waals surface area contributed by atoms with Gasteiger partial charge in [-0.2, -0.15) is 8.42 Å². The molecule has 1 amide bonds. The molecule has 1 atom stereocenters. The quantitative estimate of drug-likeness (QED) is 0.421. The molecule has 1 heterocycles. The minimum absolute atomic E-state index is 0.116. The van der Waals surface area contributed by atoms with Gasteiger partial charge in [-0.1, -0.05) is 18.2 Å². The van der Waals surface area contributed by atoms with Crippen molar-refractivity contribution in [1.29, 1.82) is 0 Å². The van der Waals surface area contributed by atoms with Gasteiger partial charge in [-0.15, -0.1) is 0 Å². The number of hydrogen-bond acceptors (Lipinski definition) is 6. The summed E-state index contributed by atoms with van der Waals surface area (Å²) in [4.78, 5) is 13.5. The molecular weight excluding hydrogens is 336 g/mol. The Balaban J connectivity index is 2.14. The van der Waals surface area contributed by atoms with E-state index in [2.05, 4.69) is 5.32 Å². The highest BCUT2D eigenvalue weighted by Gasteiger charge is 2.33. The summed E-state index contributed by atoms with van der Waals surface area (Å²) in [6, 6.07) is 8.41. The average Bonchev–Trinajstić information content (AvgIpc) is 2.55. The van der Waals surface area contributed by atoms with Gasteiger partial charge in [0.05, 0.1) is 6.67 Å². The summed E-state index contributed by atoms with van der Waals surface area (Å²) in [5, 5.41) is 11.8. The maximum atomic E-state index is 11.8. The molecule has 0 saturated carbocycles. The molecule has 24 heavy (non-hydrogen) atoms. The lowest BCUT2D eigenvalue weighted by molar-refractivity contribution is 0.128. The number of hydrogen-bond donors (Lipinski definition) is 4. The van der Waals surface area contributed by atoms with Gasteiger partial charge < -0.3 is 20.6 Å². The van der Waals surface area contributed by atoms with Crippen LogP contribution in [0.3, 0.4) is 0 Å². The lowest BCUT2D eigenvalue weighted by atomic mass is 10.1. The first kappa shape index (κ1) is 18.5. The van der Waals surface area contributed by atoms with E-state index in [1.165, 1.54) is 9.80 Å². The van der Waals surface area contributed by atoms with Crippen LogP contribution in [-0.2, 0) is 10.1 Å². The molecule has 1 aliphatic heterocycles. The second-order valence-corrected chi connectivity index (χ2v) is 7.04. The van der Waals surface area contributed by atoms with Crippen molar-refractivity contribution >= 4 is 21.9 Å². The molecule has 9 nitrogen and oxygen atoms in total. The summed E-state index contributed by atoms with van der Waals surface area (Å²) < 4.78 is 33.3. The molecule has 1 aromatic carbocycles. The zero-order valence-electron chi connectivity index (χ0n) is 13.1. The van der Waals surface area contributed by atoms with E-state index in [0.717, 1.165) is 0 Å². The summed E-state index contributed by atoms with van der Waals surface area (Å²) >= 11 is 0. The third kappa shape index (κ3) is 4.57. The van der Waals surface area contributed by atoms with Gasteiger partial charge in [0, 0.05) is 24.8 Å². The van der Waals surface area contributed by atoms with Crippen LogP contribution in [-0.4, -0.2) is 60.4 Å². The highest BCUT2D eigenvalue weighted by molar-refractivity contribution is 7.86.